The molecular formula is C20H30F8O3S2. The average Bonchev–Trinajstić information content (AvgIpc) is 2.55. The molecule has 0 aliphatic rings. The Balaban J connectivity index is 5.67. The Kier molecular flexibility index (Phi) is 11.9. The Hall–Kier alpha value is -0.850. The van der Waals surface area contributed by atoms with Crippen LogP contribution in [0.4, 0.5) is 35.1 Å². The predicted octanol–water partition coefficient (Wildman–Crippen LogP) is 7.36. The molecule has 0 fully saturated rings. The molecule has 0 aromatic rings. The molecule has 0 aliphatic carbocycles. The minimum absolute atomic E-state index is 0.0558. The molecular weight excluding hydrogens is 504 g/mol. The molecule has 0 radical (unpaired) electrons. The van der Waals surface area contributed by atoms with E-state index in [-0.39, 0.29) is 24.6 Å². The molecule has 0 bridgehead atoms. The normalized spacial score (nSPS) is 16.3. The van der Waals surface area contributed by atoms with Crippen LogP contribution >= 0.6 is 24.0 Å². The molecule has 33 heavy (non-hydrogen) atoms. The number of esters is 1. The lowest BCUT2D eigenvalue weighted by atomic mass is 9.94. The quantitative estimate of drug-likeness (QED) is 0.140. The summed E-state index contributed by atoms with van der Waals surface area (Å²) in [6.07, 6.45) is -8.20. The number of hydrogen-bond acceptors (Lipinski definition) is 5. The Morgan fingerprint density at radius 3 is 1.82 bits per heavy atom. The molecule has 13 heteroatoms. The van der Waals surface area contributed by atoms with Gasteiger partial charge in [0.05, 0.1) is 43.6 Å². The zero-order valence-electron chi connectivity index (χ0n) is 19.2. The van der Waals surface area contributed by atoms with Crippen molar-refractivity contribution in [2.24, 2.45) is 11.8 Å². The summed E-state index contributed by atoms with van der Waals surface area (Å²) in [5, 5.41) is -2.05. The van der Waals surface area contributed by atoms with Crippen LogP contribution in [-0.2, 0) is 14.3 Å². The van der Waals surface area contributed by atoms with Crippen molar-refractivity contribution in [2.75, 3.05) is 7.11 Å². The van der Waals surface area contributed by atoms with Crippen molar-refractivity contribution in [1.82, 2.24) is 0 Å². The molecule has 0 saturated carbocycles. The summed E-state index contributed by atoms with van der Waals surface area (Å²) in [4.78, 5) is 11.7. The van der Waals surface area contributed by atoms with Gasteiger partial charge in [-0.05, 0) is 38.4 Å². The first-order valence-corrected chi connectivity index (χ1v) is 11.4. The maximum Gasteiger partial charge on any atom is 0.308 e. The van der Waals surface area contributed by atoms with Crippen LogP contribution in [0.25, 0.3) is 0 Å². The number of hydrogen-bond donors (Lipinski definition) is 0. The molecule has 0 aliphatic heterocycles. The fourth-order valence-corrected chi connectivity index (χ4v) is 4.35. The largest absolute Gasteiger partial charge is 0.475 e. The molecule has 0 heterocycles. The number of alkyl halides is 8. The SMILES string of the molecule is COC(=O)C(C)CC(SC(=S)OC(C)C(C)C)C(F)(F)CC(F)(F)CC(F)(F)CC(C)(F)F. The third-order valence-corrected chi connectivity index (χ3v) is 6.18. The minimum atomic E-state index is -4.68. The first-order valence-electron chi connectivity index (χ1n) is 10.1. The molecule has 0 aromatic heterocycles. The second-order valence-corrected chi connectivity index (χ2v) is 10.5. The first kappa shape index (κ1) is 32.1. The van der Waals surface area contributed by atoms with Crippen molar-refractivity contribution in [2.45, 2.75) is 95.3 Å². The zero-order valence-corrected chi connectivity index (χ0v) is 20.8. The van der Waals surface area contributed by atoms with Crippen LogP contribution in [0.1, 0.15) is 60.3 Å². The number of halogens is 8. The standard InChI is InChI=1S/C20H30F8O3S2/c1-11(2)13(4)31-16(32)33-14(7-12(3)15(29)30-6)20(27,28)10-19(25,26)9-18(23,24)8-17(5,21)22/h11-14H,7-10H2,1-6H3. The van der Waals surface area contributed by atoms with E-state index in [2.05, 4.69) is 4.74 Å². The molecule has 0 saturated heterocycles. The Labute approximate surface area is 198 Å². The van der Waals surface area contributed by atoms with E-state index in [1.165, 1.54) is 6.92 Å². The van der Waals surface area contributed by atoms with Crippen LogP contribution in [0.3, 0.4) is 0 Å². The van der Waals surface area contributed by atoms with Crippen LogP contribution in [0.15, 0.2) is 0 Å². The number of thiocarbonyl (C=S) groups is 1. The monoisotopic (exact) mass is 534 g/mol. The summed E-state index contributed by atoms with van der Waals surface area (Å²) in [7, 11) is 1.01. The van der Waals surface area contributed by atoms with Gasteiger partial charge in [-0.3, -0.25) is 4.79 Å². The van der Waals surface area contributed by atoms with Crippen LogP contribution in [0, 0.1) is 11.8 Å². The van der Waals surface area contributed by atoms with Gasteiger partial charge >= 0.3 is 5.97 Å². The third kappa shape index (κ3) is 13.0. The van der Waals surface area contributed by atoms with Crippen molar-refractivity contribution in [3.8, 4) is 0 Å². The maximum absolute atomic E-state index is 14.9. The van der Waals surface area contributed by atoms with Gasteiger partial charge in [-0.25, -0.2) is 35.1 Å². The van der Waals surface area contributed by atoms with Crippen LogP contribution in [0.5, 0.6) is 0 Å². The number of carbonyl (C=O) groups is 1. The lowest BCUT2D eigenvalue weighted by Crippen LogP contribution is -2.43. The van der Waals surface area contributed by atoms with E-state index in [0.717, 1.165) is 7.11 Å². The van der Waals surface area contributed by atoms with E-state index in [9.17, 15) is 39.9 Å². The summed E-state index contributed by atoms with van der Waals surface area (Å²) in [5.74, 6) is -19.6. The van der Waals surface area contributed by atoms with Crippen LogP contribution in [0.2, 0.25) is 0 Å². The van der Waals surface area contributed by atoms with Crippen molar-refractivity contribution in [3.63, 3.8) is 0 Å². The number of rotatable bonds is 13. The van der Waals surface area contributed by atoms with E-state index in [0.29, 0.717) is 0 Å². The highest BCUT2D eigenvalue weighted by Gasteiger charge is 2.54. The van der Waals surface area contributed by atoms with Gasteiger partial charge in [-0.1, -0.05) is 32.5 Å². The lowest BCUT2D eigenvalue weighted by Gasteiger charge is -2.32. The van der Waals surface area contributed by atoms with Crippen molar-refractivity contribution >= 4 is 34.3 Å². The molecule has 3 nitrogen and oxygen atoms in total. The summed E-state index contributed by atoms with van der Waals surface area (Å²) in [6, 6.07) is 0. The van der Waals surface area contributed by atoms with Gasteiger partial charge in [0, 0.05) is 0 Å². The topological polar surface area (TPSA) is 35.5 Å². The molecule has 0 rings (SSSR count). The van der Waals surface area contributed by atoms with Gasteiger partial charge in [0.25, 0.3) is 23.7 Å². The van der Waals surface area contributed by atoms with E-state index in [1.54, 1.807) is 20.8 Å². The average molecular weight is 535 g/mol. The molecule has 0 spiro atoms. The number of carbonyl (C=O) groups excluding carboxylic acids is 1. The fraction of sp³-hybridized carbons (Fsp3) is 0.900. The fourth-order valence-electron chi connectivity index (χ4n) is 2.77. The molecule has 196 valence electrons. The number of thioether (sulfide) groups is 1. The van der Waals surface area contributed by atoms with Gasteiger partial charge in [0.15, 0.2) is 0 Å². The Morgan fingerprint density at radius 2 is 1.39 bits per heavy atom. The van der Waals surface area contributed by atoms with Crippen molar-refractivity contribution in [1.29, 1.82) is 0 Å². The van der Waals surface area contributed by atoms with Gasteiger partial charge < -0.3 is 9.47 Å². The summed E-state index contributed by atoms with van der Waals surface area (Å²) >= 11 is 5.16. The summed E-state index contributed by atoms with van der Waals surface area (Å²) in [6.45, 7) is 6.49. The smallest absolute Gasteiger partial charge is 0.308 e. The molecule has 0 N–H and O–H groups in total. The lowest BCUT2D eigenvalue weighted by molar-refractivity contribution is -0.177. The van der Waals surface area contributed by atoms with Crippen LogP contribution in [-0.4, -0.2) is 52.5 Å². The van der Waals surface area contributed by atoms with Gasteiger partial charge in [0.1, 0.15) is 0 Å². The van der Waals surface area contributed by atoms with E-state index < -0.39 is 77.0 Å². The number of ether oxygens (including phenoxy) is 2. The van der Waals surface area contributed by atoms with Crippen molar-refractivity contribution < 1.29 is 49.4 Å². The maximum atomic E-state index is 14.9. The van der Waals surface area contributed by atoms with E-state index >= 15 is 0 Å². The summed E-state index contributed by atoms with van der Waals surface area (Å²) in [5.41, 5.74) is 0. The summed E-state index contributed by atoms with van der Waals surface area (Å²) < 4.78 is 121. The van der Waals surface area contributed by atoms with E-state index in [1.807, 2.05) is 0 Å². The number of methoxy groups -OCH3 is 1. The highest BCUT2D eigenvalue weighted by atomic mass is 32.2. The Morgan fingerprint density at radius 1 is 0.909 bits per heavy atom. The molecule has 0 amide bonds. The minimum Gasteiger partial charge on any atom is -0.475 e. The van der Waals surface area contributed by atoms with E-state index in [4.69, 9.17) is 17.0 Å². The van der Waals surface area contributed by atoms with Gasteiger partial charge in [-0.2, -0.15) is 0 Å². The highest BCUT2D eigenvalue weighted by Crippen LogP contribution is 2.46. The van der Waals surface area contributed by atoms with Gasteiger partial charge in [-0.15, -0.1) is 0 Å². The third-order valence-electron chi connectivity index (χ3n) is 4.68. The molecule has 0 aromatic carbocycles. The Bertz CT molecular complexity index is 654. The highest BCUT2D eigenvalue weighted by molar-refractivity contribution is 8.23. The van der Waals surface area contributed by atoms with Crippen LogP contribution < -0.4 is 0 Å². The predicted molar refractivity (Wildman–Crippen MR) is 114 cm³/mol. The first-order chi connectivity index (χ1) is 14.6. The second kappa shape index (κ2) is 12.2. The zero-order chi connectivity index (χ0) is 26.4. The molecule has 3 unspecified atom stereocenters. The van der Waals surface area contributed by atoms with Gasteiger partial charge in [0.2, 0.25) is 4.38 Å². The van der Waals surface area contributed by atoms with Crippen molar-refractivity contribution in [3.05, 3.63) is 0 Å². The second-order valence-electron chi connectivity index (χ2n) is 8.66. The molecule has 3 atom stereocenters.